The Balaban J connectivity index is 2.85. The average Bonchev–Trinajstić information content (AvgIpc) is 2.21. The van der Waals surface area contributed by atoms with Gasteiger partial charge < -0.3 is 9.47 Å². The zero-order chi connectivity index (χ0) is 13.9. The first-order valence-electron chi connectivity index (χ1n) is 6.44. The van der Waals surface area contributed by atoms with Crippen molar-refractivity contribution in [3.05, 3.63) is 0 Å². The van der Waals surface area contributed by atoms with Crippen LogP contribution in [0.25, 0.3) is 0 Å². The number of nitrogens with zero attached hydrogens (tertiary/aromatic N) is 1. The molecule has 1 heterocycles. The summed E-state index contributed by atoms with van der Waals surface area (Å²) in [6.45, 7) is 9.50. The van der Waals surface area contributed by atoms with E-state index in [1.54, 1.807) is 0 Å². The Hall–Kier alpha value is -1.26. The molecule has 0 N–H and O–H groups in total. The van der Waals surface area contributed by atoms with Crippen molar-refractivity contribution in [2.24, 2.45) is 0 Å². The summed E-state index contributed by atoms with van der Waals surface area (Å²) >= 11 is 0. The Morgan fingerprint density at radius 2 is 2.11 bits per heavy atom. The van der Waals surface area contributed by atoms with Crippen molar-refractivity contribution >= 4 is 12.1 Å². The lowest BCUT2D eigenvalue weighted by molar-refractivity contribution is -0.161. The van der Waals surface area contributed by atoms with Crippen molar-refractivity contribution in [2.75, 3.05) is 6.61 Å². The summed E-state index contributed by atoms with van der Waals surface area (Å²) < 4.78 is 10.4. The van der Waals surface area contributed by atoms with Gasteiger partial charge in [0.05, 0.1) is 6.04 Å². The summed E-state index contributed by atoms with van der Waals surface area (Å²) in [5.41, 5.74) is -0.561. The summed E-state index contributed by atoms with van der Waals surface area (Å²) in [7, 11) is 0. The van der Waals surface area contributed by atoms with Crippen molar-refractivity contribution in [1.29, 1.82) is 0 Å². The molecule has 0 saturated carbocycles. The fourth-order valence-electron chi connectivity index (χ4n) is 1.95. The Morgan fingerprint density at radius 3 is 2.61 bits per heavy atom. The predicted molar refractivity (Wildman–Crippen MR) is 67.2 cm³/mol. The van der Waals surface area contributed by atoms with E-state index in [0.29, 0.717) is 6.42 Å². The maximum atomic E-state index is 12.2. The van der Waals surface area contributed by atoms with E-state index in [4.69, 9.17) is 9.47 Å². The normalized spacial score (nSPS) is 24.7. The first-order valence-corrected chi connectivity index (χ1v) is 6.44. The van der Waals surface area contributed by atoms with Crippen molar-refractivity contribution < 1.29 is 19.1 Å². The standard InChI is InChI=1S/C13H23NO4/c1-6-7-10-11(15)17-8-9(2)14(10)12(16)18-13(3,4)5/h9-10H,6-8H2,1-5H3/t9-,10-/m0/s1. The van der Waals surface area contributed by atoms with Gasteiger partial charge in [-0.2, -0.15) is 0 Å². The molecule has 1 saturated heterocycles. The minimum Gasteiger partial charge on any atom is -0.462 e. The minimum absolute atomic E-state index is 0.144. The quantitative estimate of drug-likeness (QED) is 0.712. The molecular formula is C13H23NO4. The van der Waals surface area contributed by atoms with Crippen molar-refractivity contribution in [1.82, 2.24) is 4.90 Å². The molecule has 5 heteroatoms. The predicted octanol–water partition coefficient (Wildman–Crippen LogP) is 2.34. The van der Waals surface area contributed by atoms with Crippen molar-refractivity contribution in [3.8, 4) is 0 Å². The smallest absolute Gasteiger partial charge is 0.411 e. The topological polar surface area (TPSA) is 55.8 Å². The average molecular weight is 257 g/mol. The van der Waals surface area contributed by atoms with Crippen LogP contribution >= 0.6 is 0 Å². The van der Waals surface area contributed by atoms with Gasteiger partial charge in [-0.05, 0) is 34.1 Å². The van der Waals surface area contributed by atoms with Crippen LogP contribution in [0.15, 0.2) is 0 Å². The molecule has 1 aliphatic heterocycles. The van der Waals surface area contributed by atoms with Crippen LogP contribution in [0.2, 0.25) is 0 Å². The lowest BCUT2D eigenvalue weighted by Gasteiger charge is -2.39. The van der Waals surface area contributed by atoms with E-state index in [0.717, 1.165) is 6.42 Å². The molecule has 1 rings (SSSR count). The lowest BCUT2D eigenvalue weighted by Crippen LogP contribution is -2.57. The van der Waals surface area contributed by atoms with Gasteiger partial charge in [0.15, 0.2) is 0 Å². The molecule has 0 radical (unpaired) electrons. The molecule has 0 aromatic heterocycles. The van der Waals surface area contributed by atoms with Gasteiger partial charge in [0.2, 0.25) is 0 Å². The largest absolute Gasteiger partial charge is 0.462 e. The first kappa shape index (κ1) is 14.8. The number of rotatable bonds is 2. The number of hydrogen-bond donors (Lipinski definition) is 0. The van der Waals surface area contributed by atoms with Crippen molar-refractivity contribution in [2.45, 2.75) is 65.1 Å². The zero-order valence-corrected chi connectivity index (χ0v) is 11.9. The van der Waals surface area contributed by atoms with E-state index in [9.17, 15) is 9.59 Å². The van der Waals surface area contributed by atoms with Crippen LogP contribution in [0.4, 0.5) is 4.79 Å². The Labute approximate surface area is 108 Å². The highest BCUT2D eigenvalue weighted by Gasteiger charge is 2.40. The lowest BCUT2D eigenvalue weighted by atomic mass is 10.1. The second kappa shape index (κ2) is 5.59. The molecule has 104 valence electrons. The Morgan fingerprint density at radius 1 is 1.50 bits per heavy atom. The highest BCUT2D eigenvalue weighted by Crippen LogP contribution is 2.21. The maximum absolute atomic E-state index is 12.2. The van der Waals surface area contributed by atoms with E-state index in [1.165, 1.54) is 4.90 Å². The van der Waals surface area contributed by atoms with Gasteiger partial charge in [-0.1, -0.05) is 13.3 Å². The molecule has 0 spiro atoms. The summed E-state index contributed by atoms with van der Waals surface area (Å²) in [5, 5.41) is 0. The van der Waals surface area contributed by atoms with Gasteiger partial charge in [0.25, 0.3) is 0 Å². The highest BCUT2D eigenvalue weighted by molar-refractivity contribution is 5.82. The van der Waals surface area contributed by atoms with Crippen LogP contribution in [-0.4, -0.2) is 41.3 Å². The third-order valence-corrected chi connectivity index (χ3v) is 2.72. The number of carbonyl (C=O) groups is 2. The number of carbonyl (C=O) groups excluding carboxylic acids is 2. The van der Waals surface area contributed by atoms with Gasteiger partial charge in [0.1, 0.15) is 18.2 Å². The Bertz CT molecular complexity index is 321. The second-order valence-electron chi connectivity index (χ2n) is 5.67. The van der Waals surface area contributed by atoms with E-state index in [-0.39, 0.29) is 18.6 Å². The minimum atomic E-state index is -0.561. The van der Waals surface area contributed by atoms with Crippen LogP contribution in [0.1, 0.15) is 47.5 Å². The highest BCUT2D eigenvalue weighted by atomic mass is 16.6. The SMILES string of the molecule is CCC[C@H]1C(=O)OC[C@H](C)N1C(=O)OC(C)(C)C. The van der Waals surface area contributed by atoms with E-state index >= 15 is 0 Å². The van der Waals surface area contributed by atoms with Crippen molar-refractivity contribution in [3.63, 3.8) is 0 Å². The zero-order valence-electron chi connectivity index (χ0n) is 11.9. The van der Waals surface area contributed by atoms with Crippen LogP contribution in [0, 0.1) is 0 Å². The van der Waals surface area contributed by atoms with E-state index in [1.807, 2.05) is 34.6 Å². The molecule has 0 aromatic carbocycles. The number of morpholine rings is 1. The van der Waals surface area contributed by atoms with Crippen LogP contribution in [-0.2, 0) is 14.3 Å². The molecule has 1 aliphatic rings. The number of cyclic esters (lactones) is 1. The Kier molecular flexibility index (Phi) is 4.59. The summed E-state index contributed by atoms with van der Waals surface area (Å²) in [6, 6.07) is -0.664. The van der Waals surface area contributed by atoms with Crippen LogP contribution < -0.4 is 0 Å². The third kappa shape index (κ3) is 3.62. The summed E-state index contributed by atoms with van der Waals surface area (Å²) in [6.07, 6.45) is 0.971. The molecule has 0 aliphatic carbocycles. The summed E-state index contributed by atoms with van der Waals surface area (Å²) in [5.74, 6) is -0.333. The number of amides is 1. The van der Waals surface area contributed by atoms with Gasteiger partial charge >= 0.3 is 12.1 Å². The van der Waals surface area contributed by atoms with E-state index in [2.05, 4.69) is 0 Å². The third-order valence-electron chi connectivity index (χ3n) is 2.72. The molecule has 18 heavy (non-hydrogen) atoms. The van der Waals surface area contributed by atoms with E-state index < -0.39 is 17.7 Å². The second-order valence-corrected chi connectivity index (χ2v) is 5.67. The van der Waals surface area contributed by atoms with Gasteiger partial charge in [-0.15, -0.1) is 0 Å². The molecule has 0 aromatic rings. The molecule has 5 nitrogen and oxygen atoms in total. The van der Waals surface area contributed by atoms with Crippen LogP contribution in [0.3, 0.4) is 0 Å². The monoisotopic (exact) mass is 257 g/mol. The van der Waals surface area contributed by atoms with Crippen LogP contribution in [0.5, 0.6) is 0 Å². The number of hydrogen-bond acceptors (Lipinski definition) is 4. The van der Waals surface area contributed by atoms with Gasteiger partial charge in [0, 0.05) is 0 Å². The maximum Gasteiger partial charge on any atom is 0.411 e. The number of ether oxygens (including phenoxy) is 2. The molecule has 0 unspecified atom stereocenters. The van der Waals surface area contributed by atoms with Gasteiger partial charge in [-0.3, -0.25) is 4.90 Å². The van der Waals surface area contributed by atoms with Gasteiger partial charge in [-0.25, -0.2) is 9.59 Å². The molecule has 0 bridgehead atoms. The molecule has 1 fully saturated rings. The summed E-state index contributed by atoms with van der Waals surface area (Å²) in [4.78, 5) is 25.4. The molecular weight excluding hydrogens is 234 g/mol. The molecule has 1 amide bonds. The fraction of sp³-hybridized carbons (Fsp3) is 0.846. The molecule has 2 atom stereocenters. The fourth-order valence-corrected chi connectivity index (χ4v) is 1.95. The number of esters is 1. The first-order chi connectivity index (χ1) is 8.26.